The van der Waals surface area contributed by atoms with Crippen molar-refractivity contribution < 1.29 is 24.2 Å². The molecule has 28 heavy (non-hydrogen) atoms. The predicted octanol–water partition coefficient (Wildman–Crippen LogP) is 5.03. The number of carboxylic acids is 1. The van der Waals surface area contributed by atoms with Gasteiger partial charge in [0.05, 0.1) is 0 Å². The number of hydrogen-bond donors (Lipinski definition) is 1. The molecule has 148 valence electrons. The highest BCUT2D eigenvalue weighted by Crippen LogP contribution is 2.17. The van der Waals surface area contributed by atoms with E-state index in [1.54, 1.807) is 36.4 Å². The van der Waals surface area contributed by atoms with Crippen molar-refractivity contribution in [1.29, 1.82) is 0 Å². The van der Waals surface area contributed by atoms with Crippen LogP contribution in [0.5, 0.6) is 5.75 Å². The first kappa shape index (κ1) is 21.4. The average Bonchev–Trinajstić information content (AvgIpc) is 2.70. The smallest absolute Gasteiger partial charge is 0.311 e. The van der Waals surface area contributed by atoms with E-state index >= 15 is 0 Å². The Balaban J connectivity index is 1.66. The molecule has 2 rings (SSSR count). The summed E-state index contributed by atoms with van der Waals surface area (Å²) < 4.78 is 5.31. The van der Waals surface area contributed by atoms with Crippen LogP contribution in [-0.4, -0.2) is 22.8 Å². The number of benzene rings is 2. The third-order valence-electron chi connectivity index (χ3n) is 4.41. The Morgan fingerprint density at radius 3 is 1.82 bits per heavy atom. The lowest BCUT2D eigenvalue weighted by molar-refractivity contribution is -0.137. The lowest BCUT2D eigenvalue weighted by Crippen LogP contribution is -2.08. The Bertz CT molecular complexity index is 765. The van der Waals surface area contributed by atoms with Crippen molar-refractivity contribution >= 4 is 17.7 Å². The first-order chi connectivity index (χ1) is 13.6. The highest BCUT2D eigenvalue weighted by atomic mass is 16.5. The number of aliphatic carboxylic acids is 1. The summed E-state index contributed by atoms with van der Waals surface area (Å²) in [5.74, 6) is -0.668. The van der Waals surface area contributed by atoms with Gasteiger partial charge in [0.25, 0.3) is 0 Å². The molecule has 0 spiro atoms. The molecule has 0 saturated heterocycles. The van der Waals surface area contributed by atoms with Crippen molar-refractivity contribution in [2.24, 2.45) is 0 Å². The fourth-order valence-electron chi connectivity index (χ4n) is 2.87. The first-order valence-electron chi connectivity index (χ1n) is 9.68. The summed E-state index contributed by atoms with van der Waals surface area (Å²) in [4.78, 5) is 34.7. The normalized spacial score (nSPS) is 10.4. The van der Waals surface area contributed by atoms with E-state index in [0.717, 1.165) is 32.1 Å². The molecule has 0 atom stereocenters. The zero-order valence-electron chi connectivity index (χ0n) is 15.9. The highest BCUT2D eigenvalue weighted by Gasteiger charge is 2.10. The summed E-state index contributed by atoms with van der Waals surface area (Å²) in [6.45, 7) is 0. The number of unbranched alkanes of at least 4 members (excludes halogenated alkanes) is 5. The topological polar surface area (TPSA) is 80.7 Å². The Hall–Kier alpha value is -2.95. The summed E-state index contributed by atoms with van der Waals surface area (Å²) >= 11 is 0. The zero-order chi connectivity index (χ0) is 20.2. The van der Waals surface area contributed by atoms with E-state index in [1.807, 2.05) is 18.2 Å². The molecule has 5 nitrogen and oxygen atoms in total. The molecule has 0 bridgehead atoms. The van der Waals surface area contributed by atoms with E-state index in [9.17, 15) is 14.4 Å². The number of hydrogen-bond acceptors (Lipinski definition) is 4. The lowest BCUT2D eigenvalue weighted by atomic mass is 10.0. The molecular weight excluding hydrogens is 356 g/mol. The van der Waals surface area contributed by atoms with Crippen molar-refractivity contribution in [2.45, 2.75) is 51.4 Å². The van der Waals surface area contributed by atoms with Gasteiger partial charge in [-0.2, -0.15) is 0 Å². The molecule has 0 radical (unpaired) electrons. The summed E-state index contributed by atoms with van der Waals surface area (Å²) in [5, 5.41) is 8.56. The van der Waals surface area contributed by atoms with Gasteiger partial charge in [0.15, 0.2) is 5.78 Å². The second-order valence-corrected chi connectivity index (χ2v) is 6.71. The minimum Gasteiger partial charge on any atom is -0.481 e. The summed E-state index contributed by atoms with van der Waals surface area (Å²) in [5.41, 5.74) is 1.17. The summed E-state index contributed by atoms with van der Waals surface area (Å²) in [6.07, 6.45) is 5.84. The molecule has 1 N–H and O–H groups in total. The van der Waals surface area contributed by atoms with Crippen LogP contribution in [0.15, 0.2) is 54.6 Å². The Kier molecular flexibility index (Phi) is 8.92. The number of carbonyl (C=O) groups excluding carboxylic acids is 2. The fraction of sp³-hybridized carbons (Fsp3) is 0.348. The maximum atomic E-state index is 12.3. The van der Waals surface area contributed by atoms with Crippen LogP contribution in [-0.2, 0) is 9.59 Å². The molecule has 0 fully saturated rings. The first-order valence-corrected chi connectivity index (χ1v) is 9.68. The van der Waals surface area contributed by atoms with Gasteiger partial charge in [-0.15, -0.1) is 0 Å². The van der Waals surface area contributed by atoms with Gasteiger partial charge in [-0.25, -0.2) is 0 Å². The Morgan fingerprint density at radius 1 is 0.679 bits per heavy atom. The van der Waals surface area contributed by atoms with E-state index < -0.39 is 5.97 Å². The Labute approximate surface area is 165 Å². The highest BCUT2D eigenvalue weighted by molar-refractivity contribution is 6.09. The molecule has 5 heteroatoms. The molecule has 0 aromatic heterocycles. The van der Waals surface area contributed by atoms with Gasteiger partial charge in [0.2, 0.25) is 0 Å². The third kappa shape index (κ3) is 7.74. The maximum absolute atomic E-state index is 12.3. The summed E-state index contributed by atoms with van der Waals surface area (Å²) in [7, 11) is 0. The van der Waals surface area contributed by atoms with Crippen LogP contribution in [0.3, 0.4) is 0 Å². The van der Waals surface area contributed by atoms with E-state index in [4.69, 9.17) is 9.84 Å². The quantitative estimate of drug-likeness (QED) is 0.241. The molecule has 2 aromatic carbocycles. The number of esters is 1. The lowest BCUT2D eigenvalue weighted by Gasteiger charge is -2.06. The second kappa shape index (κ2) is 11.7. The minimum absolute atomic E-state index is 0.0677. The van der Waals surface area contributed by atoms with Crippen molar-refractivity contribution in [3.8, 4) is 5.75 Å². The van der Waals surface area contributed by atoms with E-state index in [2.05, 4.69) is 0 Å². The van der Waals surface area contributed by atoms with Gasteiger partial charge in [0, 0.05) is 24.0 Å². The monoisotopic (exact) mass is 382 g/mol. The van der Waals surface area contributed by atoms with Crippen molar-refractivity contribution in [3.63, 3.8) is 0 Å². The minimum atomic E-state index is -0.750. The van der Waals surface area contributed by atoms with Crippen LogP contribution >= 0.6 is 0 Å². The maximum Gasteiger partial charge on any atom is 0.311 e. The molecule has 0 saturated carbocycles. The van der Waals surface area contributed by atoms with E-state index in [0.29, 0.717) is 29.7 Å². The molecule has 0 aliphatic rings. The number of ether oxygens (including phenoxy) is 1. The van der Waals surface area contributed by atoms with Gasteiger partial charge in [-0.1, -0.05) is 56.0 Å². The largest absolute Gasteiger partial charge is 0.481 e. The zero-order valence-corrected chi connectivity index (χ0v) is 15.9. The average molecular weight is 382 g/mol. The molecule has 0 unspecified atom stereocenters. The van der Waals surface area contributed by atoms with Crippen LogP contribution in [0.2, 0.25) is 0 Å². The molecule has 0 aliphatic heterocycles. The molecule has 0 amide bonds. The van der Waals surface area contributed by atoms with Crippen LogP contribution in [0.1, 0.15) is 67.3 Å². The molecule has 2 aromatic rings. The van der Waals surface area contributed by atoms with E-state index in [1.165, 1.54) is 0 Å². The number of carboxylic acid groups (broad SMARTS) is 1. The van der Waals surface area contributed by atoms with Gasteiger partial charge in [-0.3, -0.25) is 14.4 Å². The van der Waals surface area contributed by atoms with Gasteiger partial charge < -0.3 is 9.84 Å². The fourth-order valence-corrected chi connectivity index (χ4v) is 2.87. The van der Waals surface area contributed by atoms with Gasteiger partial charge in [0.1, 0.15) is 5.75 Å². The number of carbonyl (C=O) groups is 3. The van der Waals surface area contributed by atoms with Gasteiger partial charge >= 0.3 is 11.9 Å². The second-order valence-electron chi connectivity index (χ2n) is 6.71. The van der Waals surface area contributed by atoms with Gasteiger partial charge in [-0.05, 0) is 37.1 Å². The molecule has 0 heterocycles. The number of rotatable bonds is 12. The Morgan fingerprint density at radius 2 is 1.21 bits per heavy atom. The van der Waals surface area contributed by atoms with Crippen molar-refractivity contribution in [3.05, 3.63) is 65.7 Å². The van der Waals surface area contributed by atoms with Crippen molar-refractivity contribution in [1.82, 2.24) is 0 Å². The molecular formula is C23H26O5. The standard InChI is InChI=1S/C23H26O5/c24-21(25)12-8-3-1-2-4-9-13-22(26)28-20-16-14-19(15-17-20)23(27)18-10-6-5-7-11-18/h5-7,10-11,14-17H,1-4,8-9,12-13H2,(H,24,25). The van der Waals surface area contributed by atoms with Crippen LogP contribution in [0.4, 0.5) is 0 Å². The van der Waals surface area contributed by atoms with E-state index in [-0.39, 0.29) is 18.2 Å². The van der Waals surface area contributed by atoms with Crippen LogP contribution < -0.4 is 4.74 Å². The number of ketones is 1. The summed E-state index contributed by atoms with van der Waals surface area (Å²) in [6, 6.07) is 15.6. The molecule has 0 aliphatic carbocycles. The van der Waals surface area contributed by atoms with Crippen molar-refractivity contribution in [2.75, 3.05) is 0 Å². The van der Waals surface area contributed by atoms with Crippen LogP contribution in [0.25, 0.3) is 0 Å². The third-order valence-corrected chi connectivity index (χ3v) is 4.41. The SMILES string of the molecule is O=C(O)CCCCCCCCC(=O)Oc1ccc(C(=O)c2ccccc2)cc1. The van der Waals surface area contributed by atoms with Crippen LogP contribution in [0, 0.1) is 0 Å². The predicted molar refractivity (Wildman–Crippen MR) is 107 cm³/mol.